The molecule has 5 heteroatoms. The van der Waals surface area contributed by atoms with Crippen molar-refractivity contribution in [1.82, 2.24) is 0 Å². The Bertz CT molecular complexity index is 582. The number of carbonyl (C=O) groups excluding carboxylic acids is 2. The fourth-order valence-corrected chi connectivity index (χ4v) is 5.31. The van der Waals surface area contributed by atoms with E-state index < -0.39 is 10.2 Å². The quantitative estimate of drug-likeness (QED) is 0.339. The van der Waals surface area contributed by atoms with Crippen LogP contribution in [0.3, 0.4) is 0 Å². The topological polar surface area (TPSA) is 43.4 Å². The first-order chi connectivity index (χ1) is 10.5. The van der Waals surface area contributed by atoms with Crippen LogP contribution in [-0.2, 0) is 14.3 Å². The zero-order chi connectivity index (χ0) is 16.2. The van der Waals surface area contributed by atoms with E-state index in [9.17, 15) is 9.59 Å². The molecule has 0 aromatic heterocycles. The number of aldehydes is 1. The van der Waals surface area contributed by atoms with Gasteiger partial charge >= 0.3 is 142 Å². The van der Waals surface area contributed by atoms with Gasteiger partial charge in [-0.3, -0.25) is 0 Å². The summed E-state index contributed by atoms with van der Waals surface area (Å²) < 4.78 is 5.59. The van der Waals surface area contributed by atoms with E-state index in [1.807, 2.05) is 31.2 Å². The number of ether oxygens (including phenoxy) is 1. The summed E-state index contributed by atoms with van der Waals surface area (Å²) in [6, 6.07) is 7.50. The van der Waals surface area contributed by atoms with Crippen LogP contribution in [-0.4, -0.2) is 33.8 Å². The number of carbonyl (C=O) groups is 2. The zero-order valence-corrected chi connectivity index (χ0v) is 15.1. The van der Waals surface area contributed by atoms with Crippen LogP contribution in [0.15, 0.2) is 35.9 Å². The first-order valence-electron chi connectivity index (χ1n) is 7.24. The number of hydrogen-bond acceptors (Lipinski definition) is 3. The number of halogens is 1. The predicted molar refractivity (Wildman–Crippen MR) is 88.7 cm³/mol. The van der Waals surface area contributed by atoms with Gasteiger partial charge in [0.1, 0.15) is 0 Å². The molecule has 0 amide bonds. The summed E-state index contributed by atoms with van der Waals surface area (Å²) in [6.45, 7) is 4.12. The molecular weight excluding hydrogens is 367 g/mol. The molecule has 0 heterocycles. The fraction of sp³-hybridized carbons (Fsp3) is 0.412. The molecule has 3 nitrogen and oxygen atoms in total. The molecule has 0 bridgehead atoms. The average molecular weight is 386 g/mol. The van der Waals surface area contributed by atoms with Crippen molar-refractivity contribution in [2.75, 3.05) is 6.61 Å². The Balaban J connectivity index is 2.32. The first kappa shape index (κ1) is 17.3. The van der Waals surface area contributed by atoms with E-state index in [1.165, 1.54) is 0 Å². The molecule has 0 radical (unpaired) electrons. The van der Waals surface area contributed by atoms with Crippen molar-refractivity contribution in [1.29, 1.82) is 0 Å². The van der Waals surface area contributed by atoms with Crippen LogP contribution in [0, 0.1) is 5.92 Å². The van der Waals surface area contributed by atoms with Crippen molar-refractivity contribution in [2.45, 2.75) is 31.0 Å². The van der Waals surface area contributed by atoms with Gasteiger partial charge in [0.2, 0.25) is 0 Å². The predicted octanol–water partition coefficient (Wildman–Crippen LogP) is 2.95. The van der Waals surface area contributed by atoms with Crippen molar-refractivity contribution < 1.29 is 14.3 Å². The maximum absolute atomic E-state index is 12.3. The van der Waals surface area contributed by atoms with Gasteiger partial charge in [-0.1, -0.05) is 0 Å². The molecule has 22 heavy (non-hydrogen) atoms. The van der Waals surface area contributed by atoms with Gasteiger partial charge in [-0.25, -0.2) is 0 Å². The van der Waals surface area contributed by atoms with Gasteiger partial charge < -0.3 is 0 Å². The van der Waals surface area contributed by atoms with Gasteiger partial charge in [-0.2, -0.15) is 0 Å². The summed E-state index contributed by atoms with van der Waals surface area (Å²) in [7, 11) is 0. The van der Waals surface area contributed by atoms with Crippen LogP contribution in [0.2, 0.25) is 9.34 Å². The van der Waals surface area contributed by atoms with Crippen molar-refractivity contribution in [3.05, 3.63) is 40.9 Å². The summed E-state index contributed by atoms with van der Waals surface area (Å²) in [5.41, 5.74) is 1.14. The van der Waals surface area contributed by atoms with Crippen LogP contribution in [0.25, 0.3) is 0 Å². The Morgan fingerprint density at radius 2 is 2.14 bits per heavy atom. The van der Waals surface area contributed by atoms with E-state index >= 15 is 0 Å². The second-order valence-corrected chi connectivity index (χ2v) is 8.84. The number of hydrogen-bond donors (Lipinski definition) is 0. The first-order valence-corrected chi connectivity index (χ1v) is 9.33. The Kier molecular flexibility index (Phi) is 5.85. The molecule has 1 aromatic rings. The second kappa shape index (κ2) is 7.45. The third kappa shape index (κ3) is 3.81. The molecule has 1 aliphatic rings. The van der Waals surface area contributed by atoms with E-state index in [2.05, 4.69) is 6.08 Å². The van der Waals surface area contributed by atoms with Gasteiger partial charge in [0.05, 0.1) is 0 Å². The van der Waals surface area contributed by atoms with E-state index in [0.29, 0.717) is 24.5 Å². The summed E-state index contributed by atoms with van der Waals surface area (Å²) in [6.07, 6.45) is 4.22. The molecule has 2 rings (SSSR count). The molecule has 0 fully saturated rings. The van der Waals surface area contributed by atoms with Gasteiger partial charge in [-0.05, 0) is 0 Å². The number of rotatable bonds is 5. The minimum absolute atomic E-state index is 0.159. The summed E-state index contributed by atoms with van der Waals surface area (Å²) in [5, 5.41) is 0.668. The van der Waals surface area contributed by atoms with E-state index in [1.54, 1.807) is 6.92 Å². The van der Waals surface area contributed by atoms with Crippen LogP contribution in [0.4, 0.5) is 0 Å². The molecule has 118 valence electrons. The van der Waals surface area contributed by atoms with Crippen LogP contribution >= 0.6 is 11.6 Å². The minimum atomic E-state index is -0.674. The van der Waals surface area contributed by atoms with Gasteiger partial charge in [0.25, 0.3) is 0 Å². The SMILES string of the molecule is CCOC(=O)[C@H]1CC(C)=CC[C@@]1(C=O)[Se]c1ccc(Cl)cc1. The molecule has 2 atom stereocenters. The van der Waals surface area contributed by atoms with Crippen LogP contribution in [0.5, 0.6) is 0 Å². The number of allylic oxidation sites excluding steroid dienone is 2. The molecule has 1 aliphatic carbocycles. The molecule has 0 spiro atoms. The maximum atomic E-state index is 12.3. The zero-order valence-electron chi connectivity index (χ0n) is 12.7. The molecule has 0 saturated carbocycles. The monoisotopic (exact) mass is 386 g/mol. The Labute approximate surface area is 142 Å². The number of benzene rings is 1. The number of esters is 1. The van der Waals surface area contributed by atoms with Gasteiger partial charge in [0.15, 0.2) is 0 Å². The van der Waals surface area contributed by atoms with E-state index in [0.717, 1.165) is 16.3 Å². The van der Waals surface area contributed by atoms with E-state index in [4.69, 9.17) is 16.3 Å². The summed E-state index contributed by atoms with van der Waals surface area (Å²) in [4.78, 5) is 24.3. The second-order valence-electron chi connectivity index (χ2n) is 5.39. The molecule has 1 aromatic carbocycles. The molecule has 0 unspecified atom stereocenters. The van der Waals surface area contributed by atoms with E-state index in [-0.39, 0.29) is 20.9 Å². The Morgan fingerprint density at radius 1 is 1.45 bits per heavy atom. The van der Waals surface area contributed by atoms with Gasteiger partial charge in [0, 0.05) is 0 Å². The van der Waals surface area contributed by atoms with Crippen molar-refractivity contribution in [2.24, 2.45) is 5.92 Å². The van der Waals surface area contributed by atoms with Gasteiger partial charge in [-0.15, -0.1) is 0 Å². The van der Waals surface area contributed by atoms with Crippen LogP contribution < -0.4 is 4.46 Å². The van der Waals surface area contributed by atoms with Crippen molar-refractivity contribution >= 4 is 43.3 Å². The van der Waals surface area contributed by atoms with Crippen molar-refractivity contribution in [3.8, 4) is 0 Å². The third-order valence-corrected chi connectivity index (χ3v) is 7.04. The molecular formula is C17H19ClO3Se. The Morgan fingerprint density at radius 3 is 2.73 bits per heavy atom. The molecule has 0 aliphatic heterocycles. The molecule has 0 N–H and O–H groups in total. The summed E-state index contributed by atoms with van der Waals surface area (Å²) >= 11 is 5.76. The Hall–Kier alpha value is -1.09. The third-order valence-electron chi connectivity index (χ3n) is 3.78. The normalized spacial score (nSPS) is 24.5. The fourth-order valence-electron chi connectivity index (χ4n) is 2.57. The van der Waals surface area contributed by atoms with Crippen molar-refractivity contribution in [3.63, 3.8) is 0 Å². The standard InChI is InChI=1S/C17H19ClO3Se/c1-3-21-16(20)15-10-12(2)8-9-17(15,11-19)22-14-6-4-13(18)5-7-14/h4-8,11,15H,3,9-10H2,1-2H3/t15-,17+/m1/s1. The summed E-state index contributed by atoms with van der Waals surface area (Å²) in [5.74, 6) is -0.663. The van der Waals surface area contributed by atoms with Crippen LogP contribution in [0.1, 0.15) is 26.7 Å². The molecule has 0 saturated heterocycles. The average Bonchev–Trinajstić information content (AvgIpc) is 2.51.